The lowest BCUT2D eigenvalue weighted by atomic mass is 9.97. The van der Waals surface area contributed by atoms with E-state index in [1.807, 2.05) is 12.1 Å². The molecule has 0 radical (unpaired) electrons. The van der Waals surface area contributed by atoms with E-state index >= 15 is 0 Å². The maximum absolute atomic E-state index is 12.3. The lowest BCUT2D eigenvalue weighted by Crippen LogP contribution is -2.42. The monoisotopic (exact) mass is 337 g/mol. The van der Waals surface area contributed by atoms with Gasteiger partial charge >= 0.3 is 5.97 Å². The van der Waals surface area contributed by atoms with E-state index in [1.54, 1.807) is 0 Å². The second kappa shape index (κ2) is 8.30. The van der Waals surface area contributed by atoms with Gasteiger partial charge in [-0.3, -0.25) is 9.69 Å². The Morgan fingerprint density at radius 1 is 1.08 bits per heavy atom. The molecule has 3 atom stereocenters. The first kappa shape index (κ1) is 17.7. The highest BCUT2D eigenvalue weighted by atomic mass is 16.5. The number of ether oxygens (including phenoxy) is 1. The molecule has 0 aliphatic heterocycles. The predicted octanol–water partition coefficient (Wildman–Crippen LogP) is 4.59. The first-order valence-electron chi connectivity index (χ1n) is 9.13. The predicted molar refractivity (Wildman–Crippen MR) is 100.0 cm³/mol. The van der Waals surface area contributed by atoms with E-state index in [0.29, 0.717) is 0 Å². The molecule has 25 heavy (non-hydrogen) atoms. The zero-order valence-corrected chi connectivity index (χ0v) is 15.1. The van der Waals surface area contributed by atoms with Crippen LogP contribution in [0.5, 0.6) is 0 Å². The molecule has 2 aromatic rings. The van der Waals surface area contributed by atoms with E-state index in [9.17, 15) is 4.79 Å². The van der Waals surface area contributed by atoms with Gasteiger partial charge in [0.2, 0.25) is 0 Å². The summed E-state index contributed by atoms with van der Waals surface area (Å²) < 4.78 is 5.08. The largest absolute Gasteiger partial charge is 0.469 e. The molecule has 132 valence electrons. The molecule has 0 bridgehead atoms. The molecule has 0 spiro atoms. The fraction of sp³-hybridized carbons (Fsp3) is 0.409. The van der Waals surface area contributed by atoms with Gasteiger partial charge in [0.1, 0.15) is 0 Å². The molecule has 1 aliphatic rings. The van der Waals surface area contributed by atoms with Gasteiger partial charge in [-0.15, -0.1) is 0 Å². The van der Waals surface area contributed by atoms with E-state index in [2.05, 4.69) is 60.4 Å². The van der Waals surface area contributed by atoms with Crippen molar-refractivity contribution in [1.82, 2.24) is 4.90 Å². The number of nitrogens with zero attached hydrogens (tertiary/aromatic N) is 1. The van der Waals surface area contributed by atoms with E-state index in [4.69, 9.17) is 4.74 Å². The molecule has 0 saturated heterocycles. The topological polar surface area (TPSA) is 29.5 Å². The van der Waals surface area contributed by atoms with Crippen molar-refractivity contribution in [3.8, 4) is 0 Å². The summed E-state index contributed by atoms with van der Waals surface area (Å²) >= 11 is 0. The van der Waals surface area contributed by atoms with Crippen molar-refractivity contribution in [2.45, 2.75) is 44.8 Å². The Balaban J connectivity index is 1.89. The molecule has 0 N–H and O–H groups in total. The van der Waals surface area contributed by atoms with Crippen molar-refractivity contribution >= 4 is 5.97 Å². The minimum atomic E-state index is -0.0687. The minimum absolute atomic E-state index is 0.0279. The summed E-state index contributed by atoms with van der Waals surface area (Å²) in [4.78, 5) is 14.8. The van der Waals surface area contributed by atoms with E-state index < -0.39 is 0 Å². The Labute approximate surface area is 150 Å². The smallest absolute Gasteiger partial charge is 0.310 e. The van der Waals surface area contributed by atoms with Gasteiger partial charge in [0.05, 0.1) is 13.0 Å². The van der Waals surface area contributed by atoms with Gasteiger partial charge in [0.15, 0.2) is 0 Å². The second-order valence-electron chi connectivity index (χ2n) is 6.87. The van der Waals surface area contributed by atoms with Gasteiger partial charge < -0.3 is 4.74 Å². The molecule has 1 saturated carbocycles. The zero-order valence-electron chi connectivity index (χ0n) is 15.1. The molecule has 0 amide bonds. The van der Waals surface area contributed by atoms with Crippen LogP contribution in [0.1, 0.15) is 43.4 Å². The fourth-order valence-electron chi connectivity index (χ4n) is 4.02. The van der Waals surface area contributed by atoms with Gasteiger partial charge in [-0.2, -0.15) is 0 Å². The molecule has 1 aliphatic carbocycles. The molecular formula is C22H27NO2. The van der Waals surface area contributed by atoms with Crippen LogP contribution in [0.2, 0.25) is 0 Å². The highest BCUT2D eigenvalue weighted by Crippen LogP contribution is 2.36. The van der Waals surface area contributed by atoms with Crippen LogP contribution in [0.3, 0.4) is 0 Å². The number of benzene rings is 2. The van der Waals surface area contributed by atoms with E-state index in [0.717, 1.165) is 25.8 Å². The second-order valence-corrected chi connectivity index (χ2v) is 6.87. The van der Waals surface area contributed by atoms with Crippen LogP contribution in [0.4, 0.5) is 0 Å². The Kier molecular flexibility index (Phi) is 5.87. The molecule has 3 nitrogen and oxygen atoms in total. The number of rotatable bonds is 6. The molecule has 3 unspecified atom stereocenters. The summed E-state index contributed by atoms with van der Waals surface area (Å²) in [7, 11) is 1.50. The fourth-order valence-corrected chi connectivity index (χ4v) is 4.02. The third kappa shape index (κ3) is 4.10. The summed E-state index contributed by atoms with van der Waals surface area (Å²) in [6.07, 6.45) is 3.05. The summed E-state index contributed by atoms with van der Waals surface area (Å²) in [5.41, 5.74) is 2.56. The summed E-state index contributed by atoms with van der Waals surface area (Å²) in [6, 6.07) is 21.5. The summed E-state index contributed by atoms with van der Waals surface area (Å²) in [6.45, 7) is 3.08. The molecule has 1 fully saturated rings. The lowest BCUT2D eigenvalue weighted by molar-refractivity contribution is -0.147. The van der Waals surface area contributed by atoms with Gasteiger partial charge in [-0.05, 0) is 30.9 Å². The van der Waals surface area contributed by atoms with Crippen molar-refractivity contribution in [1.29, 1.82) is 0 Å². The summed E-state index contributed by atoms with van der Waals surface area (Å²) in [5, 5.41) is 0. The number of esters is 1. The molecule has 0 aromatic heterocycles. The zero-order chi connectivity index (χ0) is 17.6. The van der Waals surface area contributed by atoms with Crippen LogP contribution in [-0.4, -0.2) is 24.0 Å². The first-order valence-corrected chi connectivity index (χ1v) is 9.13. The highest BCUT2D eigenvalue weighted by Gasteiger charge is 2.39. The molecule has 3 heteroatoms. The van der Waals surface area contributed by atoms with E-state index in [1.165, 1.54) is 18.2 Å². The lowest BCUT2D eigenvalue weighted by Gasteiger charge is -2.37. The molecular weight excluding hydrogens is 310 g/mol. The minimum Gasteiger partial charge on any atom is -0.469 e. The Morgan fingerprint density at radius 3 is 2.36 bits per heavy atom. The van der Waals surface area contributed by atoms with Crippen LogP contribution in [-0.2, 0) is 16.1 Å². The number of carbonyl (C=O) groups excluding carboxylic acids is 1. The Hall–Kier alpha value is -2.13. The third-order valence-corrected chi connectivity index (χ3v) is 5.40. The highest BCUT2D eigenvalue weighted by molar-refractivity contribution is 5.73. The van der Waals surface area contributed by atoms with Gasteiger partial charge in [0.25, 0.3) is 0 Å². The van der Waals surface area contributed by atoms with Crippen molar-refractivity contribution in [2.75, 3.05) is 7.11 Å². The average Bonchev–Trinajstić information content (AvgIpc) is 3.16. The average molecular weight is 337 g/mol. The maximum atomic E-state index is 12.3. The number of hydrogen-bond donors (Lipinski definition) is 0. The molecule has 0 heterocycles. The van der Waals surface area contributed by atoms with Crippen LogP contribution in [0.15, 0.2) is 60.7 Å². The number of methoxy groups -OCH3 is 1. The van der Waals surface area contributed by atoms with E-state index in [-0.39, 0.29) is 24.0 Å². The first-order chi connectivity index (χ1) is 12.2. The SMILES string of the molecule is COC(=O)C1CCCC1N(Cc1ccccc1)C(C)c1ccccc1. The van der Waals surface area contributed by atoms with Crippen LogP contribution < -0.4 is 0 Å². The van der Waals surface area contributed by atoms with Crippen molar-refractivity contribution in [2.24, 2.45) is 5.92 Å². The number of hydrogen-bond acceptors (Lipinski definition) is 3. The van der Waals surface area contributed by atoms with Crippen molar-refractivity contribution < 1.29 is 9.53 Å². The standard InChI is InChI=1S/C22H27NO2/c1-17(19-12-7-4-8-13-19)23(16-18-10-5-3-6-11-18)21-15-9-14-20(21)22(24)25-2/h3-8,10-13,17,20-21H,9,14-16H2,1-2H3. The van der Waals surface area contributed by atoms with Gasteiger partial charge in [-0.25, -0.2) is 0 Å². The Bertz CT molecular complexity index is 671. The number of carbonyl (C=O) groups is 1. The maximum Gasteiger partial charge on any atom is 0.310 e. The van der Waals surface area contributed by atoms with Crippen LogP contribution in [0.25, 0.3) is 0 Å². The van der Waals surface area contributed by atoms with Crippen LogP contribution >= 0.6 is 0 Å². The van der Waals surface area contributed by atoms with Gasteiger partial charge in [-0.1, -0.05) is 67.1 Å². The Morgan fingerprint density at radius 2 is 1.72 bits per heavy atom. The third-order valence-electron chi connectivity index (χ3n) is 5.40. The quantitative estimate of drug-likeness (QED) is 0.722. The van der Waals surface area contributed by atoms with Crippen LogP contribution in [0, 0.1) is 5.92 Å². The molecule has 2 aromatic carbocycles. The normalized spacial score (nSPS) is 21.2. The van der Waals surface area contributed by atoms with Gasteiger partial charge in [0, 0.05) is 18.6 Å². The van der Waals surface area contributed by atoms with Crippen molar-refractivity contribution in [3.05, 3.63) is 71.8 Å². The van der Waals surface area contributed by atoms with Crippen molar-refractivity contribution in [3.63, 3.8) is 0 Å². The summed E-state index contributed by atoms with van der Waals surface area (Å²) in [5.74, 6) is -0.0966. The molecule has 3 rings (SSSR count).